The molecule has 0 spiro atoms. The number of hydrogen-bond donors (Lipinski definition) is 0. The molecule has 0 N–H and O–H groups in total. The summed E-state index contributed by atoms with van der Waals surface area (Å²) in [6, 6.07) is 10.1. The van der Waals surface area contributed by atoms with E-state index in [1.54, 1.807) is 7.11 Å². The maximum absolute atomic E-state index is 9.68. The van der Waals surface area contributed by atoms with Crippen LogP contribution in [0.5, 0.6) is 5.75 Å². The van der Waals surface area contributed by atoms with Crippen LogP contribution in [0.2, 0.25) is 0 Å². The highest BCUT2D eigenvalue weighted by Crippen LogP contribution is 2.35. The average molecular weight is 375 g/mol. The first-order valence-corrected chi connectivity index (χ1v) is 9.17. The van der Waals surface area contributed by atoms with Crippen LogP contribution in [-0.4, -0.2) is 47.2 Å². The summed E-state index contributed by atoms with van der Waals surface area (Å²) in [5, 5.41) is 9.68. The van der Waals surface area contributed by atoms with Crippen molar-refractivity contribution < 1.29 is 4.74 Å². The molecule has 0 atom stereocenters. The molecule has 6 nitrogen and oxygen atoms in total. The molecule has 0 aliphatic carbocycles. The van der Waals surface area contributed by atoms with Gasteiger partial charge in [-0.2, -0.15) is 5.26 Å². The lowest BCUT2D eigenvalue weighted by molar-refractivity contribution is 0.385. The van der Waals surface area contributed by atoms with Crippen molar-refractivity contribution in [3.63, 3.8) is 0 Å². The van der Waals surface area contributed by atoms with Gasteiger partial charge in [-0.05, 0) is 57.8 Å². The second kappa shape index (κ2) is 8.24. The number of aromatic nitrogens is 3. The Morgan fingerprint density at radius 2 is 2.00 bits per heavy atom. The van der Waals surface area contributed by atoms with E-state index in [0.717, 1.165) is 41.3 Å². The van der Waals surface area contributed by atoms with Crippen LogP contribution in [0.4, 0.5) is 0 Å². The van der Waals surface area contributed by atoms with Gasteiger partial charge in [0, 0.05) is 42.3 Å². The van der Waals surface area contributed by atoms with Gasteiger partial charge in [-0.25, -0.2) is 4.98 Å². The van der Waals surface area contributed by atoms with Crippen LogP contribution in [0.3, 0.4) is 0 Å². The van der Waals surface area contributed by atoms with E-state index in [1.807, 2.05) is 50.5 Å². The molecule has 0 saturated carbocycles. The number of imidazole rings is 1. The summed E-state index contributed by atoms with van der Waals surface area (Å²) in [7, 11) is 5.74. The molecule has 0 fully saturated rings. The normalized spacial score (nSPS) is 10.9. The summed E-state index contributed by atoms with van der Waals surface area (Å²) < 4.78 is 7.71. The number of hydrogen-bond acceptors (Lipinski definition) is 5. The lowest BCUT2D eigenvalue weighted by atomic mass is 9.99. The van der Waals surface area contributed by atoms with Crippen molar-refractivity contribution in [3.8, 4) is 34.5 Å². The summed E-state index contributed by atoms with van der Waals surface area (Å²) in [4.78, 5) is 11.3. The standard InChI is InChI=1S/C22H25N5O/c1-15-12-16(2)25-21(19(15)14-23)18-13-17(6-7-20(18)28-5)22-24-8-9-27(22)11-10-26(3)4/h6-9,12-13H,10-11H2,1-5H3. The Kier molecular flexibility index (Phi) is 5.76. The smallest absolute Gasteiger partial charge is 0.139 e. The molecule has 0 amide bonds. The van der Waals surface area contributed by atoms with E-state index in [1.165, 1.54) is 0 Å². The van der Waals surface area contributed by atoms with Gasteiger partial charge in [0.1, 0.15) is 17.6 Å². The average Bonchev–Trinajstić information content (AvgIpc) is 3.14. The molecule has 2 heterocycles. The van der Waals surface area contributed by atoms with Crippen LogP contribution in [0.1, 0.15) is 16.8 Å². The third-order valence-electron chi connectivity index (χ3n) is 4.67. The largest absolute Gasteiger partial charge is 0.496 e. The van der Waals surface area contributed by atoms with Gasteiger partial charge >= 0.3 is 0 Å². The third-order valence-corrected chi connectivity index (χ3v) is 4.67. The van der Waals surface area contributed by atoms with E-state index in [4.69, 9.17) is 4.74 Å². The Bertz CT molecular complexity index is 1030. The van der Waals surface area contributed by atoms with Gasteiger partial charge in [0.25, 0.3) is 0 Å². The maximum atomic E-state index is 9.68. The van der Waals surface area contributed by atoms with Crippen molar-refractivity contribution in [1.29, 1.82) is 5.26 Å². The van der Waals surface area contributed by atoms with Crippen molar-refractivity contribution in [2.45, 2.75) is 20.4 Å². The molecule has 1 aromatic carbocycles. The van der Waals surface area contributed by atoms with E-state index in [9.17, 15) is 5.26 Å². The summed E-state index contributed by atoms with van der Waals surface area (Å²) in [6.45, 7) is 5.63. The zero-order valence-electron chi connectivity index (χ0n) is 17.0. The first-order chi connectivity index (χ1) is 13.4. The van der Waals surface area contributed by atoms with Crippen LogP contribution >= 0.6 is 0 Å². The number of methoxy groups -OCH3 is 1. The first kappa shape index (κ1) is 19.6. The highest BCUT2D eigenvalue weighted by atomic mass is 16.5. The van der Waals surface area contributed by atoms with Crippen LogP contribution in [-0.2, 0) is 6.54 Å². The van der Waals surface area contributed by atoms with E-state index < -0.39 is 0 Å². The molecule has 3 rings (SSSR count). The second-order valence-corrected chi connectivity index (χ2v) is 7.08. The SMILES string of the molecule is COc1ccc(-c2nccn2CCN(C)C)cc1-c1nc(C)cc(C)c1C#N. The number of likely N-dealkylation sites (N-methyl/N-ethyl adjacent to an activating group) is 1. The topological polar surface area (TPSA) is 67.0 Å². The number of pyridine rings is 1. The van der Waals surface area contributed by atoms with Crippen LogP contribution in [0.25, 0.3) is 22.6 Å². The van der Waals surface area contributed by atoms with Gasteiger partial charge in [-0.3, -0.25) is 4.98 Å². The van der Waals surface area contributed by atoms with Gasteiger partial charge in [0.2, 0.25) is 0 Å². The van der Waals surface area contributed by atoms with Gasteiger partial charge in [-0.15, -0.1) is 0 Å². The Labute approximate surface area is 166 Å². The second-order valence-electron chi connectivity index (χ2n) is 7.08. The summed E-state index contributed by atoms with van der Waals surface area (Å²) in [5.41, 5.74) is 4.74. The molecular weight excluding hydrogens is 350 g/mol. The van der Waals surface area contributed by atoms with Crippen molar-refractivity contribution in [2.24, 2.45) is 0 Å². The van der Waals surface area contributed by atoms with Crippen LogP contribution < -0.4 is 4.74 Å². The minimum atomic E-state index is 0.567. The highest BCUT2D eigenvalue weighted by Gasteiger charge is 2.17. The third kappa shape index (κ3) is 3.90. The molecule has 3 aromatic rings. The predicted molar refractivity (Wildman–Crippen MR) is 110 cm³/mol. The van der Waals surface area contributed by atoms with Crippen molar-refractivity contribution in [1.82, 2.24) is 19.4 Å². The quantitative estimate of drug-likeness (QED) is 0.658. The zero-order chi connectivity index (χ0) is 20.3. The molecule has 0 bridgehead atoms. The molecule has 144 valence electrons. The molecule has 0 aliphatic heterocycles. The lowest BCUT2D eigenvalue weighted by Crippen LogP contribution is -2.18. The number of nitriles is 1. The maximum Gasteiger partial charge on any atom is 0.139 e. The summed E-state index contributed by atoms with van der Waals surface area (Å²) in [6.07, 6.45) is 3.79. The summed E-state index contributed by atoms with van der Waals surface area (Å²) >= 11 is 0. The number of aryl methyl sites for hydroxylation is 2. The molecule has 2 aromatic heterocycles. The number of nitrogens with zero attached hydrogens (tertiary/aromatic N) is 5. The fourth-order valence-corrected chi connectivity index (χ4v) is 3.26. The van der Waals surface area contributed by atoms with Gasteiger partial charge < -0.3 is 14.2 Å². The fraction of sp³-hybridized carbons (Fsp3) is 0.318. The Morgan fingerprint density at radius 1 is 1.21 bits per heavy atom. The van der Waals surface area contributed by atoms with Crippen LogP contribution in [0, 0.1) is 25.2 Å². The molecule has 0 saturated heterocycles. The van der Waals surface area contributed by atoms with Gasteiger partial charge in [0.15, 0.2) is 0 Å². The van der Waals surface area contributed by atoms with E-state index in [0.29, 0.717) is 17.0 Å². The Hall–Kier alpha value is -3.17. The van der Waals surface area contributed by atoms with Gasteiger partial charge in [0.05, 0.1) is 18.4 Å². The predicted octanol–water partition coefficient (Wildman–Crippen LogP) is 3.67. The van der Waals surface area contributed by atoms with E-state index >= 15 is 0 Å². The monoisotopic (exact) mass is 375 g/mol. The lowest BCUT2D eigenvalue weighted by Gasteiger charge is -2.15. The summed E-state index contributed by atoms with van der Waals surface area (Å²) in [5.74, 6) is 1.57. The molecule has 0 unspecified atom stereocenters. The van der Waals surface area contributed by atoms with E-state index in [-0.39, 0.29) is 0 Å². The molecular formula is C22H25N5O. The zero-order valence-corrected chi connectivity index (χ0v) is 17.0. The van der Waals surface area contributed by atoms with Gasteiger partial charge in [-0.1, -0.05) is 0 Å². The number of rotatable bonds is 6. The molecule has 6 heteroatoms. The molecule has 28 heavy (non-hydrogen) atoms. The number of benzene rings is 1. The van der Waals surface area contributed by atoms with Crippen molar-refractivity contribution in [3.05, 3.63) is 53.5 Å². The molecule has 0 radical (unpaired) electrons. The Morgan fingerprint density at radius 3 is 2.68 bits per heavy atom. The highest BCUT2D eigenvalue weighted by molar-refractivity contribution is 5.78. The Balaban J connectivity index is 2.14. The van der Waals surface area contributed by atoms with Crippen molar-refractivity contribution in [2.75, 3.05) is 27.7 Å². The molecule has 0 aliphatic rings. The minimum absolute atomic E-state index is 0.567. The number of ether oxygens (including phenoxy) is 1. The minimum Gasteiger partial charge on any atom is -0.496 e. The van der Waals surface area contributed by atoms with E-state index in [2.05, 4.69) is 39.6 Å². The van der Waals surface area contributed by atoms with Crippen molar-refractivity contribution >= 4 is 0 Å². The first-order valence-electron chi connectivity index (χ1n) is 9.17. The van der Waals surface area contributed by atoms with Crippen LogP contribution in [0.15, 0.2) is 36.7 Å². The fourth-order valence-electron chi connectivity index (χ4n) is 3.26.